The van der Waals surface area contributed by atoms with Crippen LogP contribution in [0.5, 0.6) is 0 Å². The average molecular weight is 224 g/mol. The van der Waals surface area contributed by atoms with Gasteiger partial charge in [0.15, 0.2) is 0 Å². The lowest BCUT2D eigenvalue weighted by molar-refractivity contribution is -0.146. The number of likely N-dealkylation sites (N-methyl/N-ethyl adjacent to an activating group) is 1. The largest absolute Gasteiger partial charge is 0.480 e. The Bertz CT molecular complexity index is 233. The van der Waals surface area contributed by atoms with Gasteiger partial charge >= 0.3 is 11.9 Å². The predicted octanol–water partition coefficient (Wildman–Crippen LogP) is 0.129. The molecular weight excluding hydrogens is 210 g/mol. The molecule has 2 atom stereocenters. The second kappa shape index (κ2) is 5.17. The van der Waals surface area contributed by atoms with E-state index in [9.17, 15) is 9.59 Å². The fourth-order valence-electron chi connectivity index (χ4n) is 1.56. The highest BCUT2D eigenvalue weighted by atomic mass is 35.5. The highest BCUT2D eigenvalue weighted by Gasteiger charge is 2.35. The number of carboxylic acids is 1. The molecule has 0 aromatic rings. The van der Waals surface area contributed by atoms with Gasteiger partial charge in [-0.25, -0.2) is 0 Å². The molecule has 82 valence electrons. The molecule has 1 saturated heterocycles. The number of carbonyl (C=O) groups excluding carboxylic acids is 1. The van der Waals surface area contributed by atoms with Crippen molar-refractivity contribution in [2.45, 2.75) is 25.5 Å². The fraction of sp³-hybridized carbons (Fsp3) is 0.750. The van der Waals surface area contributed by atoms with Crippen LogP contribution in [0.25, 0.3) is 0 Å². The van der Waals surface area contributed by atoms with Gasteiger partial charge in [0, 0.05) is 19.9 Å². The zero-order chi connectivity index (χ0) is 10.0. The second-order valence-electron chi connectivity index (χ2n) is 3.26. The van der Waals surface area contributed by atoms with Crippen molar-refractivity contribution < 1.29 is 19.4 Å². The van der Waals surface area contributed by atoms with Gasteiger partial charge in [0.25, 0.3) is 0 Å². The summed E-state index contributed by atoms with van der Waals surface area (Å²) in [5.74, 6) is -1.22. The molecule has 0 amide bonds. The van der Waals surface area contributed by atoms with E-state index in [2.05, 4.69) is 0 Å². The zero-order valence-electron chi connectivity index (χ0n) is 8.10. The van der Waals surface area contributed by atoms with E-state index in [0.29, 0.717) is 13.0 Å². The smallest absolute Gasteiger partial charge is 0.321 e. The van der Waals surface area contributed by atoms with E-state index in [1.165, 1.54) is 6.92 Å². The van der Waals surface area contributed by atoms with Gasteiger partial charge in [-0.2, -0.15) is 0 Å². The monoisotopic (exact) mass is 223 g/mol. The summed E-state index contributed by atoms with van der Waals surface area (Å²) in [6.07, 6.45) is 0.106. The Hall–Kier alpha value is -0.810. The molecule has 5 nitrogen and oxygen atoms in total. The van der Waals surface area contributed by atoms with Crippen LogP contribution in [0.3, 0.4) is 0 Å². The minimum Gasteiger partial charge on any atom is -0.480 e. The summed E-state index contributed by atoms with van der Waals surface area (Å²) in [6.45, 7) is 1.82. The normalized spacial score (nSPS) is 26.7. The van der Waals surface area contributed by atoms with Gasteiger partial charge < -0.3 is 9.84 Å². The number of carbonyl (C=O) groups is 2. The SMILES string of the molecule is CC(=O)OC1C[C@@H](C(=O)O)N(C)C1.Cl. The fourth-order valence-corrected chi connectivity index (χ4v) is 1.56. The first-order valence-corrected chi connectivity index (χ1v) is 4.11. The van der Waals surface area contributed by atoms with Gasteiger partial charge in [0.2, 0.25) is 0 Å². The number of hydrogen-bond donors (Lipinski definition) is 1. The number of carboxylic acid groups (broad SMARTS) is 1. The Labute approximate surface area is 88.4 Å². The molecule has 0 aromatic heterocycles. The van der Waals surface area contributed by atoms with Crippen molar-refractivity contribution >= 4 is 24.3 Å². The van der Waals surface area contributed by atoms with Gasteiger partial charge in [0.05, 0.1) is 0 Å². The highest BCUT2D eigenvalue weighted by molar-refractivity contribution is 5.85. The summed E-state index contributed by atoms with van der Waals surface area (Å²) in [5.41, 5.74) is 0. The van der Waals surface area contributed by atoms with Crippen LogP contribution in [0.4, 0.5) is 0 Å². The van der Waals surface area contributed by atoms with Crippen LogP contribution in [0.2, 0.25) is 0 Å². The lowest BCUT2D eigenvalue weighted by atomic mass is 10.2. The number of nitrogens with zero attached hydrogens (tertiary/aromatic N) is 1. The van der Waals surface area contributed by atoms with E-state index in [4.69, 9.17) is 9.84 Å². The lowest BCUT2D eigenvalue weighted by Crippen LogP contribution is -2.32. The molecule has 6 heteroatoms. The summed E-state index contributed by atoms with van der Waals surface area (Å²) in [4.78, 5) is 22.9. The van der Waals surface area contributed by atoms with Crippen LogP contribution in [-0.2, 0) is 14.3 Å². The standard InChI is InChI=1S/C8H13NO4.ClH/c1-5(10)13-6-3-7(8(11)12)9(2)4-6;/h6-7H,3-4H2,1-2H3,(H,11,12);1H/t6?,7-;/m0./s1. The quantitative estimate of drug-likeness (QED) is 0.674. The molecule has 0 aromatic carbocycles. The van der Waals surface area contributed by atoms with Crippen LogP contribution >= 0.6 is 12.4 Å². The number of halogens is 1. The minimum atomic E-state index is -0.864. The molecule has 0 radical (unpaired) electrons. The molecule has 1 heterocycles. The van der Waals surface area contributed by atoms with Gasteiger partial charge in [0.1, 0.15) is 12.1 Å². The van der Waals surface area contributed by atoms with Gasteiger partial charge in [-0.15, -0.1) is 12.4 Å². The lowest BCUT2D eigenvalue weighted by Gasteiger charge is -2.12. The van der Waals surface area contributed by atoms with Crippen LogP contribution in [-0.4, -0.2) is 47.7 Å². The van der Waals surface area contributed by atoms with Gasteiger partial charge in [-0.05, 0) is 7.05 Å². The van der Waals surface area contributed by atoms with E-state index in [1.54, 1.807) is 11.9 Å². The zero-order valence-corrected chi connectivity index (χ0v) is 8.91. The number of ether oxygens (including phenoxy) is 1. The first-order chi connectivity index (χ1) is 6.00. The molecule has 14 heavy (non-hydrogen) atoms. The molecule has 1 fully saturated rings. The first kappa shape index (κ1) is 13.2. The third-order valence-electron chi connectivity index (χ3n) is 2.13. The van der Waals surface area contributed by atoms with E-state index < -0.39 is 12.0 Å². The van der Waals surface area contributed by atoms with Crippen LogP contribution in [0, 0.1) is 0 Å². The summed E-state index contributed by atoms with van der Waals surface area (Å²) in [5, 5.41) is 8.75. The van der Waals surface area contributed by atoms with Crippen LogP contribution in [0.15, 0.2) is 0 Å². The highest BCUT2D eigenvalue weighted by Crippen LogP contribution is 2.18. The summed E-state index contributed by atoms with van der Waals surface area (Å²) >= 11 is 0. The molecule has 0 spiro atoms. The maximum Gasteiger partial charge on any atom is 0.321 e. The van der Waals surface area contributed by atoms with Crippen molar-refractivity contribution in [2.24, 2.45) is 0 Å². The second-order valence-corrected chi connectivity index (χ2v) is 3.26. The number of hydrogen-bond acceptors (Lipinski definition) is 4. The third kappa shape index (κ3) is 3.16. The third-order valence-corrected chi connectivity index (χ3v) is 2.13. The maximum absolute atomic E-state index is 10.7. The van der Waals surface area contributed by atoms with Crippen LogP contribution < -0.4 is 0 Å². The van der Waals surface area contributed by atoms with E-state index in [0.717, 1.165) is 0 Å². The topological polar surface area (TPSA) is 66.8 Å². The first-order valence-electron chi connectivity index (χ1n) is 4.11. The Morgan fingerprint density at radius 1 is 1.50 bits per heavy atom. The molecule has 1 N–H and O–H groups in total. The number of rotatable bonds is 2. The molecule has 1 aliphatic heterocycles. The molecule has 1 unspecified atom stereocenters. The summed E-state index contributed by atoms with van der Waals surface area (Å²) < 4.78 is 4.92. The van der Waals surface area contributed by atoms with Crippen molar-refractivity contribution in [1.29, 1.82) is 0 Å². The summed E-state index contributed by atoms with van der Waals surface area (Å²) in [6, 6.07) is -0.524. The molecule has 0 bridgehead atoms. The Balaban J connectivity index is 0.00000169. The number of esters is 1. The Morgan fingerprint density at radius 2 is 2.07 bits per heavy atom. The van der Waals surface area contributed by atoms with Gasteiger partial charge in [-0.1, -0.05) is 0 Å². The van der Waals surface area contributed by atoms with E-state index >= 15 is 0 Å². The van der Waals surface area contributed by atoms with Crippen molar-refractivity contribution in [3.8, 4) is 0 Å². The van der Waals surface area contributed by atoms with Crippen molar-refractivity contribution in [3.63, 3.8) is 0 Å². The molecular formula is C8H14ClNO4. The maximum atomic E-state index is 10.7. The molecule has 1 rings (SSSR count). The Morgan fingerprint density at radius 3 is 2.43 bits per heavy atom. The molecule has 1 aliphatic rings. The van der Waals surface area contributed by atoms with Crippen molar-refractivity contribution in [3.05, 3.63) is 0 Å². The molecule has 0 saturated carbocycles. The predicted molar refractivity (Wildman–Crippen MR) is 51.5 cm³/mol. The average Bonchev–Trinajstić information content (AvgIpc) is 2.29. The molecule has 0 aliphatic carbocycles. The Kier molecular flexibility index (Phi) is 4.87. The number of likely N-dealkylation sites (tertiary alicyclic amines) is 1. The van der Waals surface area contributed by atoms with Crippen LogP contribution in [0.1, 0.15) is 13.3 Å². The van der Waals surface area contributed by atoms with Gasteiger partial charge in [-0.3, -0.25) is 14.5 Å². The summed E-state index contributed by atoms with van der Waals surface area (Å²) in [7, 11) is 1.71. The van der Waals surface area contributed by atoms with E-state index in [-0.39, 0.29) is 24.5 Å². The van der Waals surface area contributed by atoms with Crippen molar-refractivity contribution in [1.82, 2.24) is 4.90 Å². The van der Waals surface area contributed by atoms with Crippen molar-refractivity contribution in [2.75, 3.05) is 13.6 Å². The number of aliphatic carboxylic acids is 1. The minimum absolute atomic E-state index is 0. The van der Waals surface area contributed by atoms with E-state index in [1.807, 2.05) is 0 Å².